The molecule has 0 saturated heterocycles. The number of sulfonamides is 1. The molecule has 45 heavy (non-hydrogen) atoms. The molecule has 4 rings (SSSR count). The fourth-order valence-corrected chi connectivity index (χ4v) is 6.27. The molecule has 4 aromatic carbocycles. The number of methoxy groups -OCH3 is 1. The second-order valence-corrected chi connectivity index (χ2v) is 12.9. The van der Waals surface area contributed by atoms with Crippen LogP contribution in [0.2, 0.25) is 0 Å². The molecule has 0 radical (unpaired) electrons. The van der Waals surface area contributed by atoms with Gasteiger partial charge in [0.2, 0.25) is 11.8 Å². The standard InChI is InChI=1S/C35H38FN3O5S/c1-25(2)37-35(41)33(22-27-10-6-5-7-11-27)38(23-28-12-8-9-13-32(28)36)34(40)24-39(29-16-14-26(3)15-17-29)45(42,43)31-20-18-30(44-4)19-21-31/h5-21,25,33H,22-24H2,1-4H3,(H,37,41)/t33-/m1/s1. The van der Waals surface area contributed by atoms with Crippen molar-refractivity contribution < 1.29 is 27.1 Å². The van der Waals surface area contributed by atoms with Crippen molar-refractivity contribution in [1.29, 1.82) is 0 Å². The first-order valence-corrected chi connectivity index (χ1v) is 16.0. The van der Waals surface area contributed by atoms with Crippen LogP contribution in [0.15, 0.2) is 108 Å². The number of halogens is 1. The highest BCUT2D eigenvalue weighted by Gasteiger charge is 2.35. The van der Waals surface area contributed by atoms with Crippen LogP contribution in [0.1, 0.15) is 30.5 Å². The predicted molar refractivity (Wildman–Crippen MR) is 173 cm³/mol. The molecule has 0 bridgehead atoms. The molecule has 8 nitrogen and oxygen atoms in total. The van der Waals surface area contributed by atoms with Crippen LogP contribution in [0, 0.1) is 12.7 Å². The third-order valence-electron chi connectivity index (χ3n) is 7.25. The van der Waals surface area contributed by atoms with Crippen LogP contribution >= 0.6 is 0 Å². The average molecular weight is 632 g/mol. The highest BCUT2D eigenvalue weighted by atomic mass is 32.2. The van der Waals surface area contributed by atoms with Gasteiger partial charge in [0, 0.05) is 24.6 Å². The maximum absolute atomic E-state index is 15.0. The molecule has 4 aromatic rings. The van der Waals surface area contributed by atoms with Crippen molar-refractivity contribution in [2.24, 2.45) is 0 Å². The van der Waals surface area contributed by atoms with Gasteiger partial charge in [-0.15, -0.1) is 0 Å². The number of aryl methyl sites for hydroxylation is 1. The molecule has 10 heteroatoms. The van der Waals surface area contributed by atoms with Crippen LogP contribution < -0.4 is 14.4 Å². The zero-order chi connectivity index (χ0) is 32.6. The number of nitrogens with zero attached hydrogens (tertiary/aromatic N) is 2. The quantitative estimate of drug-likeness (QED) is 0.210. The number of benzene rings is 4. The van der Waals surface area contributed by atoms with Crippen molar-refractivity contribution in [2.45, 2.75) is 50.7 Å². The van der Waals surface area contributed by atoms with E-state index in [1.54, 1.807) is 56.3 Å². The third-order valence-corrected chi connectivity index (χ3v) is 9.04. The first kappa shape index (κ1) is 33.2. The number of rotatable bonds is 13. The summed E-state index contributed by atoms with van der Waals surface area (Å²) >= 11 is 0. The smallest absolute Gasteiger partial charge is 0.264 e. The molecule has 2 amide bonds. The van der Waals surface area contributed by atoms with Crippen molar-refractivity contribution in [1.82, 2.24) is 10.2 Å². The molecule has 0 saturated carbocycles. The van der Waals surface area contributed by atoms with Crippen LogP contribution in [0.5, 0.6) is 5.75 Å². The van der Waals surface area contributed by atoms with Gasteiger partial charge in [-0.3, -0.25) is 13.9 Å². The molecule has 0 unspecified atom stereocenters. The van der Waals surface area contributed by atoms with Gasteiger partial charge in [0.1, 0.15) is 24.2 Å². The molecule has 0 heterocycles. The highest BCUT2D eigenvalue weighted by Crippen LogP contribution is 2.27. The molecule has 0 aromatic heterocycles. The van der Waals surface area contributed by atoms with Crippen LogP contribution in [-0.2, 0) is 32.6 Å². The van der Waals surface area contributed by atoms with E-state index in [1.165, 1.54) is 42.3 Å². The van der Waals surface area contributed by atoms with E-state index in [1.807, 2.05) is 37.3 Å². The second-order valence-electron chi connectivity index (χ2n) is 11.0. The van der Waals surface area contributed by atoms with Gasteiger partial charge in [0.05, 0.1) is 17.7 Å². The molecule has 0 fully saturated rings. The number of anilines is 1. The van der Waals surface area contributed by atoms with Gasteiger partial charge in [0.25, 0.3) is 10.0 Å². The van der Waals surface area contributed by atoms with Gasteiger partial charge in [0.15, 0.2) is 0 Å². The summed E-state index contributed by atoms with van der Waals surface area (Å²) in [6.07, 6.45) is 0.134. The Morgan fingerprint density at radius 1 is 0.867 bits per heavy atom. The number of carbonyl (C=O) groups excluding carboxylic acids is 2. The minimum Gasteiger partial charge on any atom is -0.497 e. The SMILES string of the molecule is COc1ccc(S(=O)(=O)N(CC(=O)N(Cc2ccccc2F)[C@H](Cc2ccccc2)C(=O)NC(C)C)c2ccc(C)cc2)cc1. The van der Waals surface area contributed by atoms with E-state index >= 15 is 0 Å². The van der Waals surface area contributed by atoms with Crippen molar-refractivity contribution in [3.63, 3.8) is 0 Å². The van der Waals surface area contributed by atoms with Gasteiger partial charge in [-0.1, -0.05) is 66.2 Å². The molecule has 1 atom stereocenters. The van der Waals surface area contributed by atoms with Crippen molar-refractivity contribution in [3.8, 4) is 5.75 Å². The molecular formula is C35H38FN3O5S. The Kier molecular flexibility index (Phi) is 11.0. The first-order valence-electron chi connectivity index (χ1n) is 14.6. The lowest BCUT2D eigenvalue weighted by atomic mass is 10.0. The van der Waals surface area contributed by atoms with E-state index in [0.717, 1.165) is 15.4 Å². The molecule has 0 aliphatic rings. The maximum atomic E-state index is 15.0. The normalized spacial score (nSPS) is 12.0. The zero-order valence-electron chi connectivity index (χ0n) is 25.8. The highest BCUT2D eigenvalue weighted by molar-refractivity contribution is 7.92. The number of hydrogen-bond donors (Lipinski definition) is 1. The second kappa shape index (κ2) is 14.9. The van der Waals surface area contributed by atoms with Crippen molar-refractivity contribution >= 4 is 27.5 Å². The summed E-state index contributed by atoms with van der Waals surface area (Å²) < 4.78 is 49.4. The van der Waals surface area contributed by atoms with E-state index in [-0.39, 0.29) is 35.2 Å². The lowest BCUT2D eigenvalue weighted by Gasteiger charge is -2.34. The summed E-state index contributed by atoms with van der Waals surface area (Å²) in [5.74, 6) is -1.17. The maximum Gasteiger partial charge on any atom is 0.264 e. The summed E-state index contributed by atoms with van der Waals surface area (Å²) in [7, 11) is -2.79. The fourth-order valence-electron chi connectivity index (χ4n) is 4.86. The van der Waals surface area contributed by atoms with Crippen LogP contribution in [0.25, 0.3) is 0 Å². The van der Waals surface area contributed by atoms with Crippen LogP contribution in [-0.4, -0.2) is 50.9 Å². The summed E-state index contributed by atoms with van der Waals surface area (Å²) in [6.45, 7) is 4.60. The van der Waals surface area contributed by atoms with E-state index in [9.17, 15) is 22.4 Å². The molecule has 0 aliphatic heterocycles. The Balaban J connectivity index is 1.81. The van der Waals surface area contributed by atoms with E-state index in [2.05, 4.69) is 5.32 Å². The minimum atomic E-state index is -4.27. The fraction of sp³-hybridized carbons (Fsp3) is 0.257. The minimum absolute atomic E-state index is 0.0456. The van der Waals surface area contributed by atoms with E-state index in [0.29, 0.717) is 5.75 Å². The molecule has 236 valence electrons. The summed E-state index contributed by atoms with van der Waals surface area (Å²) in [4.78, 5) is 29.3. The van der Waals surface area contributed by atoms with Crippen molar-refractivity contribution in [3.05, 3.63) is 126 Å². The van der Waals surface area contributed by atoms with E-state index < -0.39 is 40.2 Å². The monoisotopic (exact) mass is 631 g/mol. The lowest BCUT2D eigenvalue weighted by molar-refractivity contribution is -0.140. The Bertz CT molecular complexity index is 1700. The lowest BCUT2D eigenvalue weighted by Crippen LogP contribution is -2.54. The first-order chi connectivity index (χ1) is 21.5. The number of amides is 2. The predicted octanol–water partition coefficient (Wildman–Crippen LogP) is 5.50. The summed E-state index contributed by atoms with van der Waals surface area (Å²) in [5, 5.41) is 2.89. The summed E-state index contributed by atoms with van der Waals surface area (Å²) in [5.41, 5.74) is 2.15. The average Bonchev–Trinajstić information content (AvgIpc) is 3.03. The number of hydrogen-bond acceptors (Lipinski definition) is 5. The summed E-state index contributed by atoms with van der Waals surface area (Å²) in [6, 6.07) is 26.5. The Hall–Kier alpha value is -4.70. The van der Waals surface area contributed by atoms with Crippen LogP contribution in [0.4, 0.5) is 10.1 Å². The van der Waals surface area contributed by atoms with Crippen molar-refractivity contribution in [2.75, 3.05) is 18.0 Å². The largest absolute Gasteiger partial charge is 0.497 e. The number of nitrogens with one attached hydrogen (secondary N) is 1. The molecule has 1 N–H and O–H groups in total. The molecule has 0 spiro atoms. The van der Waals surface area contributed by atoms with Gasteiger partial charge in [-0.05, 0) is 68.8 Å². The van der Waals surface area contributed by atoms with Gasteiger partial charge in [-0.25, -0.2) is 12.8 Å². The van der Waals surface area contributed by atoms with E-state index in [4.69, 9.17) is 4.74 Å². The Labute approximate surface area is 264 Å². The number of ether oxygens (including phenoxy) is 1. The Morgan fingerprint density at radius 3 is 2.09 bits per heavy atom. The third kappa shape index (κ3) is 8.48. The topological polar surface area (TPSA) is 96.0 Å². The zero-order valence-corrected chi connectivity index (χ0v) is 26.6. The van der Waals surface area contributed by atoms with Gasteiger partial charge in [-0.2, -0.15) is 0 Å². The molecule has 0 aliphatic carbocycles. The Morgan fingerprint density at radius 2 is 1.49 bits per heavy atom. The van der Waals surface area contributed by atoms with Crippen LogP contribution in [0.3, 0.4) is 0 Å². The molecular weight excluding hydrogens is 593 g/mol. The van der Waals surface area contributed by atoms with Gasteiger partial charge < -0.3 is 15.0 Å². The number of carbonyl (C=O) groups is 2. The van der Waals surface area contributed by atoms with Gasteiger partial charge >= 0.3 is 0 Å².